The first-order valence-corrected chi connectivity index (χ1v) is 11.1. The fourth-order valence-electron chi connectivity index (χ4n) is 4.20. The van der Waals surface area contributed by atoms with Gasteiger partial charge < -0.3 is 10.2 Å². The summed E-state index contributed by atoms with van der Waals surface area (Å²) in [5.74, 6) is 0.490. The summed E-state index contributed by atoms with van der Waals surface area (Å²) in [4.78, 5) is 2.79. The molecule has 2 aliphatic rings. The van der Waals surface area contributed by atoms with Crippen molar-refractivity contribution >= 4 is 21.6 Å². The average molecular weight is 383 g/mol. The van der Waals surface area contributed by atoms with Crippen LogP contribution in [0.3, 0.4) is 0 Å². The molecule has 2 heterocycles. The van der Waals surface area contributed by atoms with Gasteiger partial charge in [0, 0.05) is 29.6 Å². The number of hydrogen-bond acceptors (Lipinski definition) is 4. The quantitative estimate of drug-likeness (QED) is 0.845. The van der Waals surface area contributed by atoms with Crippen LogP contribution in [0.15, 0.2) is 58.8 Å². The lowest BCUT2D eigenvalue weighted by molar-refractivity contribution is 0.285. The van der Waals surface area contributed by atoms with Crippen molar-refractivity contribution in [2.24, 2.45) is 0 Å². The van der Waals surface area contributed by atoms with Gasteiger partial charge in [-0.1, -0.05) is 24.3 Å². The lowest BCUT2D eigenvalue weighted by atomic mass is 9.92. The van der Waals surface area contributed by atoms with Crippen LogP contribution in [0.5, 0.6) is 0 Å². The molecule has 4 rings (SSSR count). The van der Waals surface area contributed by atoms with Gasteiger partial charge in [0.15, 0.2) is 9.84 Å². The fourth-order valence-corrected chi connectivity index (χ4v) is 5.23. The Morgan fingerprint density at radius 3 is 2.74 bits per heavy atom. The monoisotopic (exact) mass is 382 g/mol. The first-order valence-electron chi connectivity index (χ1n) is 9.59. The molecule has 1 unspecified atom stereocenters. The Balaban J connectivity index is 1.53. The maximum atomic E-state index is 12.5. The minimum Gasteiger partial charge on any atom is -0.384 e. The maximum Gasteiger partial charge on any atom is 0.199 e. The van der Waals surface area contributed by atoms with E-state index in [0.29, 0.717) is 16.9 Å². The Labute approximate surface area is 161 Å². The second-order valence-corrected chi connectivity index (χ2v) is 9.43. The number of rotatable bonds is 5. The van der Waals surface area contributed by atoms with Gasteiger partial charge in [0.05, 0.1) is 4.90 Å². The molecule has 27 heavy (non-hydrogen) atoms. The molecule has 1 fully saturated rings. The topological polar surface area (TPSA) is 49.4 Å². The van der Waals surface area contributed by atoms with Crippen molar-refractivity contribution < 1.29 is 8.42 Å². The van der Waals surface area contributed by atoms with Crippen molar-refractivity contribution in [3.8, 4) is 0 Å². The van der Waals surface area contributed by atoms with Crippen LogP contribution in [0, 0.1) is 0 Å². The Morgan fingerprint density at radius 1 is 1.19 bits per heavy atom. The lowest BCUT2D eigenvalue weighted by Gasteiger charge is -2.22. The summed E-state index contributed by atoms with van der Waals surface area (Å²) < 4.78 is 24.9. The van der Waals surface area contributed by atoms with Crippen molar-refractivity contribution in [2.45, 2.75) is 36.1 Å². The third kappa shape index (κ3) is 3.94. The number of hydrogen-bond donors (Lipinski definition) is 1. The van der Waals surface area contributed by atoms with Gasteiger partial charge in [0.25, 0.3) is 0 Å². The van der Waals surface area contributed by atoms with Gasteiger partial charge in [-0.25, -0.2) is 8.42 Å². The number of likely N-dealkylation sites (tertiary alicyclic amines) is 1. The van der Waals surface area contributed by atoms with Crippen LogP contribution >= 0.6 is 0 Å². The van der Waals surface area contributed by atoms with E-state index in [1.54, 1.807) is 30.3 Å². The number of fused-ring (bicyclic) bond motifs is 1. The van der Waals surface area contributed by atoms with Crippen molar-refractivity contribution in [1.29, 1.82) is 0 Å². The molecule has 0 radical (unpaired) electrons. The summed E-state index contributed by atoms with van der Waals surface area (Å²) in [5.41, 5.74) is 3.43. The van der Waals surface area contributed by atoms with Crippen molar-refractivity contribution in [3.05, 3.63) is 65.1 Å². The van der Waals surface area contributed by atoms with Crippen LogP contribution in [-0.4, -0.2) is 39.5 Å². The van der Waals surface area contributed by atoms with Gasteiger partial charge >= 0.3 is 0 Å². The summed E-state index contributed by atoms with van der Waals surface area (Å²) in [6.07, 6.45) is 5.43. The number of nitrogens with zero attached hydrogens (tertiary/aromatic N) is 1. The first-order chi connectivity index (χ1) is 13.0. The molecule has 0 saturated carbocycles. The number of benzene rings is 2. The van der Waals surface area contributed by atoms with Crippen LogP contribution in [-0.2, 0) is 9.84 Å². The zero-order valence-electron chi connectivity index (χ0n) is 15.6. The highest BCUT2D eigenvalue weighted by Crippen LogP contribution is 2.37. The van der Waals surface area contributed by atoms with E-state index in [0.717, 1.165) is 18.5 Å². The third-order valence-corrected chi connectivity index (χ3v) is 7.22. The summed E-state index contributed by atoms with van der Waals surface area (Å²) >= 11 is 0. The predicted molar refractivity (Wildman–Crippen MR) is 111 cm³/mol. The van der Waals surface area contributed by atoms with Crippen LogP contribution < -0.4 is 5.32 Å². The van der Waals surface area contributed by atoms with Gasteiger partial charge in [0.2, 0.25) is 0 Å². The standard InChI is InChI=1S/C22H26N2O2S/c1-24-12-5-6-19(24)15-18-16-23-22-10-9-17(14-21(18)22)11-13-27(25,26)20-7-3-2-4-8-20/h2-4,7-11,13-14,18-19,23H,5-6,12,15-16H2,1H3/t18?,19-/m1/s1. The minimum atomic E-state index is -3.41. The Hall–Kier alpha value is -2.11. The second-order valence-electron chi connectivity index (χ2n) is 7.60. The van der Waals surface area contributed by atoms with Crippen molar-refractivity contribution in [3.63, 3.8) is 0 Å². The van der Waals surface area contributed by atoms with Crippen molar-refractivity contribution in [1.82, 2.24) is 4.90 Å². The van der Waals surface area contributed by atoms with Gasteiger partial charge in [-0.3, -0.25) is 0 Å². The molecule has 2 aliphatic heterocycles. The summed E-state index contributed by atoms with van der Waals surface area (Å²) in [5, 5.41) is 4.82. The van der Waals surface area contributed by atoms with E-state index in [4.69, 9.17) is 0 Å². The SMILES string of the molecule is CN1CCC[C@@H]1CC1CNc2ccc(C=CS(=O)(=O)c3ccccc3)cc21. The third-order valence-electron chi connectivity index (χ3n) is 5.79. The van der Waals surface area contributed by atoms with E-state index < -0.39 is 9.84 Å². The molecule has 0 amide bonds. The average Bonchev–Trinajstić information content (AvgIpc) is 3.27. The molecule has 4 nitrogen and oxygen atoms in total. The van der Waals surface area contributed by atoms with E-state index in [-0.39, 0.29) is 0 Å². The highest BCUT2D eigenvalue weighted by atomic mass is 32.2. The molecule has 2 aromatic rings. The molecular weight excluding hydrogens is 356 g/mol. The molecule has 0 aliphatic carbocycles. The first kappa shape index (κ1) is 18.3. The van der Waals surface area contributed by atoms with Gasteiger partial charge in [-0.2, -0.15) is 0 Å². The smallest absolute Gasteiger partial charge is 0.199 e. The van der Waals surface area contributed by atoms with Crippen LogP contribution in [0.25, 0.3) is 6.08 Å². The molecule has 0 spiro atoms. The number of sulfone groups is 1. The minimum absolute atomic E-state index is 0.325. The van der Waals surface area contributed by atoms with Gasteiger partial charge in [0.1, 0.15) is 0 Å². The lowest BCUT2D eigenvalue weighted by Crippen LogP contribution is -2.27. The van der Waals surface area contributed by atoms with E-state index in [9.17, 15) is 8.42 Å². The van der Waals surface area contributed by atoms with E-state index in [2.05, 4.69) is 29.4 Å². The normalized spacial score (nSPS) is 22.9. The summed E-state index contributed by atoms with van der Waals surface area (Å²) in [6.45, 7) is 2.16. The number of nitrogens with one attached hydrogen (secondary N) is 1. The van der Waals surface area contributed by atoms with Gasteiger partial charge in [-0.05, 0) is 74.3 Å². The largest absolute Gasteiger partial charge is 0.384 e. The zero-order chi connectivity index (χ0) is 18.9. The van der Waals surface area contributed by atoms with Crippen LogP contribution in [0.2, 0.25) is 0 Å². The zero-order valence-corrected chi connectivity index (χ0v) is 16.5. The highest BCUT2D eigenvalue weighted by molar-refractivity contribution is 7.94. The van der Waals surface area contributed by atoms with E-state index in [1.165, 1.54) is 36.0 Å². The molecule has 2 atom stereocenters. The highest BCUT2D eigenvalue weighted by Gasteiger charge is 2.29. The maximum absolute atomic E-state index is 12.5. The Bertz CT molecular complexity index is 938. The number of anilines is 1. The molecule has 142 valence electrons. The molecule has 2 aromatic carbocycles. The summed E-state index contributed by atoms with van der Waals surface area (Å²) in [7, 11) is -1.20. The predicted octanol–water partition coefficient (Wildman–Crippen LogP) is 4.12. The summed E-state index contributed by atoms with van der Waals surface area (Å²) in [6, 6.07) is 15.4. The second kappa shape index (κ2) is 7.49. The van der Waals surface area contributed by atoms with Crippen LogP contribution in [0.1, 0.15) is 36.3 Å². The van der Waals surface area contributed by atoms with E-state index >= 15 is 0 Å². The fraction of sp³-hybridized carbons (Fsp3) is 0.364. The van der Waals surface area contributed by atoms with Crippen molar-refractivity contribution in [2.75, 3.05) is 25.5 Å². The molecule has 0 aromatic heterocycles. The molecule has 1 N–H and O–H groups in total. The molecule has 1 saturated heterocycles. The van der Waals surface area contributed by atoms with Crippen LogP contribution in [0.4, 0.5) is 5.69 Å². The van der Waals surface area contributed by atoms with Gasteiger partial charge in [-0.15, -0.1) is 0 Å². The van der Waals surface area contributed by atoms with E-state index in [1.807, 2.05) is 12.1 Å². The Morgan fingerprint density at radius 2 is 2.00 bits per heavy atom. The molecular formula is C22H26N2O2S. The Kier molecular flexibility index (Phi) is 5.06. The molecule has 0 bridgehead atoms. The molecule has 5 heteroatoms.